The van der Waals surface area contributed by atoms with Gasteiger partial charge in [-0.3, -0.25) is 4.79 Å². The highest BCUT2D eigenvalue weighted by Crippen LogP contribution is 2.40. The van der Waals surface area contributed by atoms with E-state index in [2.05, 4.69) is 43.3 Å². The maximum atomic E-state index is 11.8. The first-order chi connectivity index (χ1) is 9.93. The van der Waals surface area contributed by atoms with Gasteiger partial charge in [0.15, 0.2) is 0 Å². The third kappa shape index (κ3) is 4.07. The normalized spacial score (nSPS) is 27.7. The summed E-state index contributed by atoms with van der Waals surface area (Å²) in [7, 11) is 2.07. The fourth-order valence-electron chi connectivity index (χ4n) is 3.26. The molecule has 1 aromatic rings. The Labute approximate surface area is 132 Å². The maximum absolute atomic E-state index is 11.8. The third-order valence-corrected chi connectivity index (χ3v) is 5.96. The summed E-state index contributed by atoms with van der Waals surface area (Å²) in [6.45, 7) is 5.09. The smallest absolute Gasteiger partial charge is 0.310 e. The van der Waals surface area contributed by atoms with Gasteiger partial charge in [0.2, 0.25) is 0 Å². The summed E-state index contributed by atoms with van der Waals surface area (Å²) in [4.78, 5) is 15.4. The molecule has 4 heteroatoms. The Bertz CT molecular complexity index is 449. The number of carboxylic acid groups (broad SMARTS) is 1. The number of thiophene rings is 1. The lowest BCUT2D eigenvalue weighted by atomic mass is 9.70. The van der Waals surface area contributed by atoms with Crippen molar-refractivity contribution in [2.24, 2.45) is 11.3 Å². The van der Waals surface area contributed by atoms with Crippen molar-refractivity contribution in [3.05, 3.63) is 22.4 Å². The van der Waals surface area contributed by atoms with Gasteiger partial charge in [0.25, 0.3) is 0 Å². The molecule has 1 heterocycles. The van der Waals surface area contributed by atoms with Gasteiger partial charge in [0.05, 0.1) is 5.41 Å². The summed E-state index contributed by atoms with van der Waals surface area (Å²) >= 11 is 1.78. The van der Waals surface area contributed by atoms with Crippen molar-refractivity contribution in [3.63, 3.8) is 0 Å². The molecule has 0 spiro atoms. The number of carboxylic acids is 1. The van der Waals surface area contributed by atoms with Crippen LogP contribution in [0.15, 0.2) is 17.5 Å². The van der Waals surface area contributed by atoms with Gasteiger partial charge in [-0.25, -0.2) is 0 Å². The molecular formula is C17H27NO2S. The number of likely N-dealkylation sites (N-methyl/N-ethyl adjacent to an activating group) is 1. The summed E-state index contributed by atoms with van der Waals surface area (Å²) in [5, 5.41) is 11.8. The van der Waals surface area contributed by atoms with Gasteiger partial charge in [-0.1, -0.05) is 13.0 Å². The number of aliphatic carboxylic acids is 1. The minimum Gasteiger partial charge on any atom is -0.481 e. The molecule has 0 bridgehead atoms. The van der Waals surface area contributed by atoms with E-state index >= 15 is 0 Å². The van der Waals surface area contributed by atoms with Crippen LogP contribution in [0.5, 0.6) is 0 Å². The monoisotopic (exact) mass is 309 g/mol. The van der Waals surface area contributed by atoms with Crippen LogP contribution in [-0.2, 0) is 11.2 Å². The molecule has 0 amide bonds. The molecule has 0 saturated heterocycles. The molecule has 1 atom stereocenters. The zero-order chi connectivity index (χ0) is 15.5. The maximum Gasteiger partial charge on any atom is 0.310 e. The van der Waals surface area contributed by atoms with Gasteiger partial charge < -0.3 is 10.0 Å². The van der Waals surface area contributed by atoms with Crippen LogP contribution in [0.4, 0.5) is 0 Å². The molecule has 21 heavy (non-hydrogen) atoms. The molecule has 1 fully saturated rings. The zero-order valence-corrected chi connectivity index (χ0v) is 14.2. The molecule has 1 N–H and O–H groups in total. The highest BCUT2D eigenvalue weighted by atomic mass is 32.1. The molecule has 0 aromatic carbocycles. The Morgan fingerprint density at radius 3 is 2.71 bits per heavy atom. The van der Waals surface area contributed by atoms with Gasteiger partial charge in [-0.15, -0.1) is 11.3 Å². The Hall–Kier alpha value is -0.870. The standard InChI is InChI=1S/C17H27NO2S/c1-13-6-8-17(9-7-13,16(19)20)12-18(3)14(2)11-15-5-4-10-21-15/h4-5,10,13-14H,6-9,11-12H2,1-3H3,(H,19,20). The number of rotatable bonds is 6. The predicted octanol–water partition coefficient (Wildman–Crippen LogP) is 3.89. The van der Waals surface area contributed by atoms with E-state index < -0.39 is 11.4 Å². The zero-order valence-electron chi connectivity index (χ0n) is 13.3. The van der Waals surface area contributed by atoms with Crippen LogP contribution in [0.2, 0.25) is 0 Å². The SMILES string of the molecule is CC1CCC(CN(C)C(C)Cc2cccs2)(C(=O)O)CC1. The Balaban J connectivity index is 1.98. The molecular weight excluding hydrogens is 282 g/mol. The molecule has 0 aliphatic heterocycles. The largest absolute Gasteiger partial charge is 0.481 e. The second kappa shape index (κ2) is 6.93. The van der Waals surface area contributed by atoms with Crippen molar-refractivity contribution in [2.45, 2.75) is 52.0 Å². The van der Waals surface area contributed by atoms with Crippen LogP contribution in [0.3, 0.4) is 0 Å². The second-order valence-electron chi connectivity index (χ2n) is 6.82. The van der Waals surface area contributed by atoms with E-state index in [9.17, 15) is 9.90 Å². The summed E-state index contributed by atoms with van der Waals surface area (Å²) in [6.07, 6.45) is 4.72. The Morgan fingerprint density at radius 1 is 1.52 bits per heavy atom. The van der Waals surface area contributed by atoms with E-state index in [4.69, 9.17) is 0 Å². The van der Waals surface area contributed by atoms with E-state index in [0.29, 0.717) is 18.5 Å². The topological polar surface area (TPSA) is 40.5 Å². The van der Waals surface area contributed by atoms with E-state index in [1.807, 2.05) is 0 Å². The van der Waals surface area contributed by atoms with Crippen molar-refractivity contribution in [3.8, 4) is 0 Å². The second-order valence-corrected chi connectivity index (χ2v) is 7.85. The highest BCUT2D eigenvalue weighted by Gasteiger charge is 2.42. The van der Waals surface area contributed by atoms with Crippen LogP contribution < -0.4 is 0 Å². The summed E-state index contributed by atoms with van der Waals surface area (Å²) in [6, 6.07) is 4.61. The molecule has 2 rings (SSSR count). The van der Waals surface area contributed by atoms with Crippen LogP contribution in [0.1, 0.15) is 44.4 Å². The van der Waals surface area contributed by atoms with Crippen LogP contribution in [-0.4, -0.2) is 35.6 Å². The molecule has 1 unspecified atom stereocenters. The van der Waals surface area contributed by atoms with Crippen LogP contribution >= 0.6 is 11.3 Å². The van der Waals surface area contributed by atoms with E-state index in [0.717, 1.165) is 32.1 Å². The fraction of sp³-hybridized carbons (Fsp3) is 0.706. The molecule has 1 saturated carbocycles. The number of nitrogens with zero attached hydrogens (tertiary/aromatic N) is 1. The summed E-state index contributed by atoms with van der Waals surface area (Å²) in [5.74, 6) is 0.0656. The predicted molar refractivity (Wildman–Crippen MR) is 87.8 cm³/mol. The molecule has 1 aliphatic carbocycles. The summed E-state index contributed by atoms with van der Waals surface area (Å²) in [5.41, 5.74) is -0.537. The quantitative estimate of drug-likeness (QED) is 0.866. The van der Waals surface area contributed by atoms with Gasteiger partial charge in [0.1, 0.15) is 0 Å². The Kier molecular flexibility index (Phi) is 5.44. The van der Waals surface area contributed by atoms with Gasteiger partial charge in [0, 0.05) is 17.5 Å². The van der Waals surface area contributed by atoms with Crippen molar-refractivity contribution in [1.29, 1.82) is 0 Å². The summed E-state index contributed by atoms with van der Waals surface area (Å²) < 4.78 is 0. The highest BCUT2D eigenvalue weighted by molar-refractivity contribution is 7.09. The van der Waals surface area contributed by atoms with Crippen molar-refractivity contribution in [1.82, 2.24) is 4.90 Å². The minimum absolute atomic E-state index is 0.374. The average molecular weight is 309 g/mol. The lowest BCUT2D eigenvalue weighted by Gasteiger charge is -2.40. The van der Waals surface area contributed by atoms with Gasteiger partial charge in [-0.2, -0.15) is 0 Å². The molecule has 3 nitrogen and oxygen atoms in total. The molecule has 0 radical (unpaired) electrons. The van der Waals surface area contributed by atoms with Crippen molar-refractivity contribution in [2.75, 3.05) is 13.6 Å². The van der Waals surface area contributed by atoms with Gasteiger partial charge in [-0.05, 0) is 63.4 Å². The lowest BCUT2D eigenvalue weighted by Crippen LogP contribution is -2.47. The third-order valence-electron chi connectivity index (χ3n) is 5.07. The number of hydrogen-bond donors (Lipinski definition) is 1. The lowest BCUT2D eigenvalue weighted by molar-refractivity contribution is -0.153. The minimum atomic E-state index is -0.607. The first-order valence-electron chi connectivity index (χ1n) is 7.89. The molecule has 1 aliphatic rings. The average Bonchev–Trinajstić information content (AvgIpc) is 2.94. The first kappa shape index (κ1) is 16.5. The first-order valence-corrected chi connectivity index (χ1v) is 8.77. The van der Waals surface area contributed by atoms with Crippen LogP contribution in [0.25, 0.3) is 0 Å². The van der Waals surface area contributed by atoms with Crippen molar-refractivity contribution >= 4 is 17.3 Å². The van der Waals surface area contributed by atoms with Crippen LogP contribution in [0, 0.1) is 11.3 Å². The molecule has 118 valence electrons. The number of hydrogen-bond acceptors (Lipinski definition) is 3. The van der Waals surface area contributed by atoms with E-state index in [-0.39, 0.29) is 0 Å². The fourth-order valence-corrected chi connectivity index (χ4v) is 4.09. The van der Waals surface area contributed by atoms with Crippen molar-refractivity contribution < 1.29 is 9.90 Å². The number of carbonyl (C=O) groups is 1. The van der Waals surface area contributed by atoms with E-state index in [1.165, 1.54) is 4.88 Å². The molecule has 1 aromatic heterocycles. The van der Waals surface area contributed by atoms with Gasteiger partial charge >= 0.3 is 5.97 Å². The Morgan fingerprint density at radius 2 is 2.19 bits per heavy atom. The van der Waals surface area contributed by atoms with E-state index in [1.54, 1.807) is 11.3 Å².